The van der Waals surface area contributed by atoms with Crippen LogP contribution in [0.1, 0.15) is 44.2 Å². The number of aromatic nitrogens is 2. The van der Waals surface area contributed by atoms with Crippen molar-refractivity contribution in [3.05, 3.63) is 48.5 Å². The summed E-state index contributed by atoms with van der Waals surface area (Å²) in [5, 5.41) is 0. The van der Waals surface area contributed by atoms with E-state index < -0.39 is 0 Å². The van der Waals surface area contributed by atoms with Crippen molar-refractivity contribution in [2.24, 2.45) is 5.92 Å². The maximum atomic E-state index is 4.56. The monoisotopic (exact) mass is 254 g/mol. The lowest BCUT2D eigenvalue weighted by Gasteiger charge is -2.14. The van der Waals surface area contributed by atoms with Gasteiger partial charge in [0.1, 0.15) is 0 Å². The Kier molecular flexibility index (Phi) is 3.97. The first kappa shape index (κ1) is 12.5. The van der Waals surface area contributed by atoms with Crippen LogP contribution in [-0.2, 0) is 6.42 Å². The van der Waals surface area contributed by atoms with Gasteiger partial charge < -0.3 is 4.57 Å². The molecule has 0 atom stereocenters. The van der Waals surface area contributed by atoms with Crippen LogP contribution < -0.4 is 0 Å². The Morgan fingerprint density at radius 2 is 1.79 bits per heavy atom. The Balaban J connectivity index is 1.72. The molecule has 100 valence electrons. The molecule has 0 saturated heterocycles. The molecule has 2 aromatic heterocycles. The summed E-state index contributed by atoms with van der Waals surface area (Å²) in [5.41, 5.74) is 2.47. The van der Waals surface area contributed by atoms with E-state index in [1.54, 1.807) is 0 Å². The first-order valence-corrected chi connectivity index (χ1v) is 7.50. The van der Waals surface area contributed by atoms with Gasteiger partial charge in [-0.15, -0.1) is 0 Å². The lowest BCUT2D eigenvalue weighted by atomic mass is 9.94. The molecule has 1 aliphatic carbocycles. The van der Waals surface area contributed by atoms with Crippen LogP contribution in [0.25, 0.3) is 5.69 Å². The molecule has 0 N–H and O–H groups in total. The standard InChI is InChI=1S/C17H22N2/c1-2-4-8-15(7-3-1)13-16-14-17(9-10-18-16)19-11-5-6-12-19/h5-6,9-12,14-15H,1-4,7-8,13H2. The van der Waals surface area contributed by atoms with Crippen molar-refractivity contribution in [3.8, 4) is 5.69 Å². The Bertz CT molecular complexity index is 494. The summed E-state index contributed by atoms with van der Waals surface area (Å²) in [7, 11) is 0. The van der Waals surface area contributed by atoms with Crippen LogP contribution in [-0.4, -0.2) is 9.55 Å². The molecule has 0 radical (unpaired) electrons. The van der Waals surface area contributed by atoms with Crippen molar-refractivity contribution in [3.63, 3.8) is 0 Å². The van der Waals surface area contributed by atoms with Gasteiger partial charge in [0.15, 0.2) is 0 Å². The van der Waals surface area contributed by atoms with Gasteiger partial charge in [-0.25, -0.2) is 0 Å². The zero-order valence-electron chi connectivity index (χ0n) is 11.5. The maximum Gasteiger partial charge on any atom is 0.0482 e. The van der Waals surface area contributed by atoms with E-state index in [9.17, 15) is 0 Å². The summed E-state index contributed by atoms with van der Waals surface area (Å²) in [6.45, 7) is 0. The topological polar surface area (TPSA) is 17.8 Å². The fraction of sp³-hybridized carbons (Fsp3) is 0.471. The summed E-state index contributed by atoms with van der Waals surface area (Å²) in [6, 6.07) is 8.44. The second kappa shape index (κ2) is 6.05. The zero-order chi connectivity index (χ0) is 12.9. The minimum Gasteiger partial charge on any atom is -0.324 e. The van der Waals surface area contributed by atoms with Gasteiger partial charge in [0.25, 0.3) is 0 Å². The van der Waals surface area contributed by atoms with E-state index in [1.165, 1.54) is 49.9 Å². The smallest absolute Gasteiger partial charge is 0.0482 e. The van der Waals surface area contributed by atoms with Crippen LogP contribution in [0.4, 0.5) is 0 Å². The van der Waals surface area contributed by atoms with E-state index in [2.05, 4.69) is 46.2 Å². The van der Waals surface area contributed by atoms with E-state index in [0.29, 0.717) is 0 Å². The number of hydrogen-bond acceptors (Lipinski definition) is 1. The first-order chi connectivity index (χ1) is 9.42. The molecule has 2 heterocycles. The van der Waals surface area contributed by atoms with Gasteiger partial charge in [-0.1, -0.05) is 38.5 Å². The molecule has 0 unspecified atom stereocenters. The highest BCUT2D eigenvalue weighted by molar-refractivity contribution is 5.32. The molecule has 0 spiro atoms. The van der Waals surface area contributed by atoms with Crippen molar-refractivity contribution >= 4 is 0 Å². The van der Waals surface area contributed by atoms with Crippen molar-refractivity contribution < 1.29 is 0 Å². The highest BCUT2D eigenvalue weighted by Crippen LogP contribution is 2.25. The predicted octanol–water partition coefficient (Wildman–Crippen LogP) is 4.39. The quantitative estimate of drug-likeness (QED) is 0.743. The second-order valence-electron chi connectivity index (χ2n) is 5.66. The van der Waals surface area contributed by atoms with E-state index in [4.69, 9.17) is 0 Å². The van der Waals surface area contributed by atoms with Crippen LogP contribution in [0.15, 0.2) is 42.9 Å². The molecular formula is C17H22N2. The van der Waals surface area contributed by atoms with Gasteiger partial charge in [0.05, 0.1) is 0 Å². The molecule has 1 fully saturated rings. The normalized spacial score (nSPS) is 17.3. The molecule has 2 aromatic rings. The summed E-state index contributed by atoms with van der Waals surface area (Å²) in [6.07, 6.45) is 15.7. The van der Waals surface area contributed by atoms with Gasteiger partial charge in [-0.05, 0) is 36.6 Å². The van der Waals surface area contributed by atoms with Crippen LogP contribution >= 0.6 is 0 Å². The predicted molar refractivity (Wildman–Crippen MR) is 78.5 cm³/mol. The van der Waals surface area contributed by atoms with E-state index in [0.717, 1.165) is 12.3 Å². The number of rotatable bonds is 3. The molecular weight excluding hydrogens is 232 g/mol. The molecule has 3 rings (SSSR count). The Morgan fingerprint density at radius 3 is 2.53 bits per heavy atom. The second-order valence-corrected chi connectivity index (χ2v) is 5.66. The summed E-state index contributed by atoms with van der Waals surface area (Å²) in [4.78, 5) is 4.56. The average Bonchev–Trinajstić information content (AvgIpc) is 2.86. The SMILES string of the molecule is c1ccn(-c2ccnc(CC3CCCCCC3)c2)c1. The molecule has 19 heavy (non-hydrogen) atoms. The third-order valence-electron chi connectivity index (χ3n) is 4.18. The van der Waals surface area contributed by atoms with Crippen molar-refractivity contribution in [2.45, 2.75) is 44.9 Å². The van der Waals surface area contributed by atoms with Gasteiger partial charge in [-0.3, -0.25) is 4.98 Å². The van der Waals surface area contributed by atoms with Gasteiger partial charge in [0.2, 0.25) is 0 Å². The molecule has 2 nitrogen and oxygen atoms in total. The maximum absolute atomic E-state index is 4.56. The van der Waals surface area contributed by atoms with Crippen molar-refractivity contribution in [1.29, 1.82) is 0 Å². The molecule has 0 aromatic carbocycles. The minimum atomic E-state index is 0.843. The molecule has 1 aliphatic rings. The van der Waals surface area contributed by atoms with Crippen molar-refractivity contribution in [2.75, 3.05) is 0 Å². The lowest BCUT2D eigenvalue weighted by Crippen LogP contribution is -2.05. The zero-order valence-corrected chi connectivity index (χ0v) is 11.5. The van der Waals surface area contributed by atoms with Gasteiger partial charge in [0, 0.05) is 30.0 Å². The summed E-state index contributed by atoms with van der Waals surface area (Å²) >= 11 is 0. The fourth-order valence-electron chi connectivity index (χ4n) is 3.11. The van der Waals surface area contributed by atoms with E-state index in [1.807, 2.05) is 6.20 Å². The number of pyridine rings is 1. The Hall–Kier alpha value is -1.57. The van der Waals surface area contributed by atoms with Crippen LogP contribution in [0.5, 0.6) is 0 Å². The van der Waals surface area contributed by atoms with E-state index in [-0.39, 0.29) is 0 Å². The Morgan fingerprint density at radius 1 is 1.05 bits per heavy atom. The fourth-order valence-corrected chi connectivity index (χ4v) is 3.11. The van der Waals surface area contributed by atoms with Crippen LogP contribution in [0.3, 0.4) is 0 Å². The summed E-state index contributed by atoms with van der Waals surface area (Å²) < 4.78 is 2.15. The van der Waals surface area contributed by atoms with Gasteiger partial charge in [-0.2, -0.15) is 0 Å². The average molecular weight is 254 g/mol. The highest BCUT2D eigenvalue weighted by atomic mass is 14.9. The minimum absolute atomic E-state index is 0.843. The number of nitrogens with zero attached hydrogens (tertiary/aromatic N) is 2. The molecule has 2 heteroatoms. The van der Waals surface area contributed by atoms with Gasteiger partial charge >= 0.3 is 0 Å². The highest BCUT2D eigenvalue weighted by Gasteiger charge is 2.13. The first-order valence-electron chi connectivity index (χ1n) is 7.50. The molecule has 0 bridgehead atoms. The third kappa shape index (κ3) is 3.25. The molecule has 0 aliphatic heterocycles. The van der Waals surface area contributed by atoms with Crippen molar-refractivity contribution in [1.82, 2.24) is 9.55 Å². The van der Waals surface area contributed by atoms with E-state index >= 15 is 0 Å². The summed E-state index contributed by atoms with van der Waals surface area (Å²) in [5.74, 6) is 0.843. The third-order valence-corrected chi connectivity index (χ3v) is 4.18. The van der Waals surface area contributed by atoms with Crippen LogP contribution in [0, 0.1) is 5.92 Å². The Labute approximate surface area is 115 Å². The number of hydrogen-bond donors (Lipinski definition) is 0. The van der Waals surface area contributed by atoms with Crippen LogP contribution in [0.2, 0.25) is 0 Å². The molecule has 1 saturated carbocycles. The molecule has 0 amide bonds. The largest absolute Gasteiger partial charge is 0.324 e. The lowest BCUT2D eigenvalue weighted by molar-refractivity contribution is 0.453.